The van der Waals surface area contributed by atoms with E-state index in [1.165, 1.54) is 31.1 Å². The molecule has 1 fully saturated rings. The highest BCUT2D eigenvalue weighted by Gasteiger charge is 2.26. The van der Waals surface area contributed by atoms with Crippen molar-refractivity contribution in [2.45, 2.75) is 38.6 Å². The number of nitrogens with zero attached hydrogens (tertiary/aromatic N) is 1. The lowest BCUT2D eigenvalue weighted by Gasteiger charge is -2.10. The molecular formula is C11H15N3O2S. The van der Waals surface area contributed by atoms with E-state index in [1.807, 2.05) is 5.38 Å². The number of anilines is 1. The predicted molar refractivity (Wildman–Crippen MR) is 66.0 cm³/mol. The van der Waals surface area contributed by atoms with Crippen molar-refractivity contribution < 1.29 is 9.59 Å². The Bertz CT molecular complexity index is 440. The first-order valence-corrected chi connectivity index (χ1v) is 6.47. The van der Waals surface area contributed by atoms with Gasteiger partial charge in [0.1, 0.15) is 6.04 Å². The highest BCUT2D eigenvalue weighted by molar-refractivity contribution is 7.13. The molecule has 0 saturated heterocycles. The predicted octanol–water partition coefficient (Wildman–Crippen LogP) is 1.48. The summed E-state index contributed by atoms with van der Waals surface area (Å²) in [6.07, 6.45) is 2.39. The normalized spacial score (nSPS) is 16.4. The smallest absolute Gasteiger partial charge is 0.248 e. The number of rotatable bonds is 4. The third-order valence-electron chi connectivity index (χ3n) is 2.56. The van der Waals surface area contributed by atoms with Crippen LogP contribution in [-0.2, 0) is 9.59 Å². The number of carbonyl (C=O) groups is 2. The van der Waals surface area contributed by atoms with Crippen LogP contribution < -0.4 is 10.6 Å². The molecule has 0 aliphatic heterocycles. The van der Waals surface area contributed by atoms with Gasteiger partial charge in [-0.15, -0.1) is 11.3 Å². The Kier molecular flexibility index (Phi) is 3.42. The summed E-state index contributed by atoms with van der Waals surface area (Å²) in [5, 5.41) is 7.82. The maximum atomic E-state index is 11.7. The lowest BCUT2D eigenvalue weighted by Crippen LogP contribution is -2.40. The Balaban J connectivity index is 1.90. The SMILES string of the molecule is CC(=O)N[C@@H](C)C(=O)Nc1nc(C2CC2)cs1. The highest BCUT2D eigenvalue weighted by atomic mass is 32.1. The standard InChI is InChI=1S/C11H15N3O2S/c1-6(12-7(2)15)10(16)14-11-13-9(5-17-11)8-3-4-8/h5-6,8H,3-4H2,1-2H3,(H,12,15)(H,13,14,16)/t6-/m0/s1. The van der Waals surface area contributed by atoms with Crippen LogP contribution in [-0.4, -0.2) is 22.8 Å². The molecule has 17 heavy (non-hydrogen) atoms. The van der Waals surface area contributed by atoms with Gasteiger partial charge in [0.25, 0.3) is 0 Å². The van der Waals surface area contributed by atoms with Gasteiger partial charge in [-0.1, -0.05) is 0 Å². The number of nitrogens with one attached hydrogen (secondary N) is 2. The Morgan fingerprint density at radius 1 is 1.53 bits per heavy atom. The molecule has 1 heterocycles. The number of amides is 2. The van der Waals surface area contributed by atoms with E-state index >= 15 is 0 Å². The molecule has 1 aliphatic rings. The Morgan fingerprint density at radius 2 is 2.24 bits per heavy atom. The fourth-order valence-electron chi connectivity index (χ4n) is 1.49. The van der Waals surface area contributed by atoms with Gasteiger partial charge in [-0.25, -0.2) is 4.98 Å². The molecule has 1 aromatic heterocycles. The molecule has 0 unspecified atom stereocenters. The summed E-state index contributed by atoms with van der Waals surface area (Å²) in [6.45, 7) is 3.03. The molecule has 6 heteroatoms. The summed E-state index contributed by atoms with van der Waals surface area (Å²) < 4.78 is 0. The second-order valence-corrected chi connectivity index (χ2v) is 5.12. The maximum Gasteiger partial charge on any atom is 0.248 e. The van der Waals surface area contributed by atoms with Crippen molar-refractivity contribution in [1.29, 1.82) is 0 Å². The third kappa shape index (κ3) is 3.26. The molecule has 0 bridgehead atoms. The van der Waals surface area contributed by atoms with Crippen molar-refractivity contribution in [3.63, 3.8) is 0 Å². The van der Waals surface area contributed by atoms with Gasteiger partial charge in [0.2, 0.25) is 11.8 Å². The zero-order valence-corrected chi connectivity index (χ0v) is 10.6. The van der Waals surface area contributed by atoms with Crippen LogP contribution in [0.4, 0.5) is 5.13 Å². The van der Waals surface area contributed by atoms with Gasteiger partial charge in [0.05, 0.1) is 5.69 Å². The Labute approximate surface area is 104 Å². The fraction of sp³-hybridized carbons (Fsp3) is 0.545. The van der Waals surface area contributed by atoms with Crippen LogP contribution in [0.1, 0.15) is 38.3 Å². The largest absolute Gasteiger partial charge is 0.345 e. The van der Waals surface area contributed by atoms with Crippen LogP contribution in [0.2, 0.25) is 0 Å². The summed E-state index contributed by atoms with van der Waals surface area (Å²) >= 11 is 1.43. The Morgan fingerprint density at radius 3 is 2.82 bits per heavy atom. The minimum absolute atomic E-state index is 0.217. The van der Waals surface area contributed by atoms with Crippen LogP contribution in [0.5, 0.6) is 0 Å². The monoisotopic (exact) mass is 253 g/mol. The van der Waals surface area contributed by atoms with E-state index in [9.17, 15) is 9.59 Å². The molecule has 1 saturated carbocycles. The average Bonchev–Trinajstić information content (AvgIpc) is 2.99. The molecule has 0 radical (unpaired) electrons. The van der Waals surface area contributed by atoms with Gasteiger partial charge in [-0.3, -0.25) is 9.59 Å². The van der Waals surface area contributed by atoms with E-state index in [0.29, 0.717) is 11.0 Å². The zero-order valence-electron chi connectivity index (χ0n) is 9.82. The van der Waals surface area contributed by atoms with Crippen LogP contribution in [0.15, 0.2) is 5.38 Å². The molecule has 5 nitrogen and oxygen atoms in total. The lowest BCUT2D eigenvalue weighted by molar-refractivity contribution is -0.124. The summed E-state index contributed by atoms with van der Waals surface area (Å²) in [7, 11) is 0. The summed E-state index contributed by atoms with van der Waals surface area (Å²) in [6, 6.07) is -0.541. The quantitative estimate of drug-likeness (QED) is 0.854. The minimum Gasteiger partial charge on any atom is -0.345 e. The second kappa shape index (κ2) is 4.83. The van der Waals surface area contributed by atoms with Crippen LogP contribution in [0, 0.1) is 0 Å². The van der Waals surface area contributed by atoms with Gasteiger partial charge in [-0.2, -0.15) is 0 Å². The van der Waals surface area contributed by atoms with Crippen molar-refractivity contribution in [3.05, 3.63) is 11.1 Å². The highest BCUT2D eigenvalue weighted by Crippen LogP contribution is 2.40. The molecule has 1 atom stereocenters. The van der Waals surface area contributed by atoms with E-state index in [1.54, 1.807) is 6.92 Å². The first-order valence-electron chi connectivity index (χ1n) is 5.59. The van der Waals surface area contributed by atoms with E-state index in [-0.39, 0.29) is 11.8 Å². The van der Waals surface area contributed by atoms with Crippen molar-refractivity contribution in [1.82, 2.24) is 10.3 Å². The summed E-state index contributed by atoms with van der Waals surface area (Å²) in [5.41, 5.74) is 1.07. The number of hydrogen-bond acceptors (Lipinski definition) is 4. The van der Waals surface area contributed by atoms with E-state index in [2.05, 4.69) is 15.6 Å². The summed E-state index contributed by atoms with van der Waals surface area (Å²) in [5.74, 6) is 0.132. The summed E-state index contributed by atoms with van der Waals surface area (Å²) in [4.78, 5) is 26.8. The zero-order chi connectivity index (χ0) is 12.4. The molecule has 0 spiro atoms. The maximum absolute atomic E-state index is 11.7. The first-order chi connectivity index (χ1) is 8.06. The third-order valence-corrected chi connectivity index (χ3v) is 3.34. The second-order valence-electron chi connectivity index (χ2n) is 4.26. The molecule has 0 aromatic carbocycles. The van der Waals surface area contributed by atoms with Crippen molar-refractivity contribution in [2.75, 3.05) is 5.32 Å². The van der Waals surface area contributed by atoms with Gasteiger partial charge in [-0.05, 0) is 19.8 Å². The van der Waals surface area contributed by atoms with Crippen LogP contribution >= 0.6 is 11.3 Å². The Hall–Kier alpha value is -1.43. The van der Waals surface area contributed by atoms with Gasteiger partial charge < -0.3 is 10.6 Å². The van der Waals surface area contributed by atoms with Crippen LogP contribution in [0.3, 0.4) is 0 Å². The number of aromatic nitrogens is 1. The van der Waals surface area contributed by atoms with Gasteiger partial charge in [0.15, 0.2) is 5.13 Å². The van der Waals surface area contributed by atoms with Gasteiger partial charge in [0, 0.05) is 18.2 Å². The van der Waals surface area contributed by atoms with E-state index in [0.717, 1.165) is 5.69 Å². The lowest BCUT2D eigenvalue weighted by atomic mass is 10.3. The van der Waals surface area contributed by atoms with Crippen molar-refractivity contribution in [2.24, 2.45) is 0 Å². The number of hydrogen-bond donors (Lipinski definition) is 2. The fourth-order valence-corrected chi connectivity index (χ4v) is 2.29. The molecular weight excluding hydrogens is 238 g/mol. The number of thiazole rings is 1. The van der Waals surface area contributed by atoms with Crippen molar-refractivity contribution in [3.8, 4) is 0 Å². The number of carbonyl (C=O) groups excluding carboxylic acids is 2. The van der Waals surface area contributed by atoms with Crippen LogP contribution in [0.25, 0.3) is 0 Å². The molecule has 2 amide bonds. The average molecular weight is 253 g/mol. The topological polar surface area (TPSA) is 71.1 Å². The molecule has 2 N–H and O–H groups in total. The molecule has 2 rings (SSSR count). The molecule has 1 aliphatic carbocycles. The van der Waals surface area contributed by atoms with E-state index < -0.39 is 6.04 Å². The minimum atomic E-state index is -0.541. The van der Waals surface area contributed by atoms with Gasteiger partial charge >= 0.3 is 0 Å². The van der Waals surface area contributed by atoms with Crippen molar-refractivity contribution >= 4 is 28.3 Å². The molecule has 1 aromatic rings. The first kappa shape index (κ1) is 12.0. The molecule has 92 valence electrons. The van der Waals surface area contributed by atoms with E-state index in [4.69, 9.17) is 0 Å².